The van der Waals surface area contributed by atoms with Gasteiger partial charge in [0, 0.05) is 12.2 Å². The number of hydrogen-bond acceptors (Lipinski definition) is 5. The number of nitrogens with zero attached hydrogens (tertiary/aromatic N) is 3. The number of nitrogens with two attached hydrogens (primary N) is 1. The maximum absolute atomic E-state index is 5.81. The molecule has 0 bridgehead atoms. The summed E-state index contributed by atoms with van der Waals surface area (Å²) in [4.78, 5) is 13.0. The maximum atomic E-state index is 5.81. The van der Waals surface area contributed by atoms with E-state index in [2.05, 4.69) is 15.0 Å². The molecule has 5 nitrogen and oxygen atoms in total. The Balaban J connectivity index is 2.06. The Kier molecular flexibility index (Phi) is 2.91. The first kappa shape index (κ1) is 12.0. The van der Waals surface area contributed by atoms with Gasteiger partial charge in [-0.05, 0) is 19.8 Å². The molecule has 1 saturated heterocycles. The molecule has 1 fully saturated rings. The minimum absolute atomic E-state index is 0.237. The average Bonchev–Trinajstić information content (AvgIpc) is 2.87. The first-order chi connectivity index (χ1) is 9.17. The Morgan fingerprint density at radius 2 is 1.95 bits per heavy atom. The lowest BCUT2D eigenvalue weighted by molar-refractivity contribution is 0.00939. The molecule has 2 N–H and O–H groups in total. The number of ether oxygens (including phenoxy) is 1. The van der Waals surface area contributed by atoms with E-state index >= 15 is 0 Å². The van der Waals surface area contributed by atoms with Gasteiger partial charge in [-0.3, -0.25) is 0 Å². The van der Waals surface area contributed by atoms with Gasteiger partial charge in [-0.1, -0.05) is 30.3 Å². The number of nitrogen functional groups attached to an aromatic ring is 1. The monoisotopic (exact) mass is 256 g/mol. The maximum Gasteiger partial charge on any atom is 0.223 e. The SMILES string of the molecule is CC1(c2nc(N)nc(-c3ccccc3)n2)CCCO1. The van der Waals surface area contributed by atoms with Crippen molar-refractivity contribution in [2.75, 3.05) is 12.3 Å². The van der Waals surface area contributed by atoms with Crippen LogP contribution in [-0.4, -0.2) is 21.6 Å². The Hall–Kier alpha value is -2.01. The van der Waals surface area contributed by atoms with Crippen LogP contribution in [0.3, 0.4) is 0 Å². The summed E-state index contributed by atoms with van der Waals surface area (Å²) in [6.07, 6.45) is 1.92. The molecule has 1 aliphatic heterocycles. The van der Waals surface area contributed by atoms with E-state index in [1.807, 2.05) is 37.3 Å². The lowest BCUT2D eigenvalue weighted by atomic mass is 10.0. The van der Waals surface area contributed by atoms with Crippen LogP contribution >= 0.6 is 0 Å². The highest BCUT2D eigenvalue weighted by molar-refractivity contribution is 5.55. The van der Waals surface area contributed by atoms with E-state index in [-0.39, 0.29) is 5.95 Å². The Labute approximate surface area is 111 Å². The molecule has 0 aliphatic carbocycles. The zero-order chi connectivity index (χ0) is 13.3. The van der Waals surface area contributed by atoms with Crippen molar-refractivity contribution in [3.8, 4) is 11.4 Å². The lowest BCUT2D eigenvalue weighted by Gasteiger charge is -2.21. The fourth-order valence-electron chi connectivity index (χ4n) is 2.30. The molecule has 0 amide bonds. The molecular weight excluding hydrogens is 240 g/mol. The minimum atomic E-state index is -0.444. The van der Waals surface area contributed by atoms with Crippen molar-refractivity contribution in [2.45, 2.75) is 25.4 Å². The van der Waals surface area contributed by atoms with E-state index in [4.69, 9.17) is 10.5 Å². The zero-order valence-electron chi connectivity index (χ0n) is 10.8. The van der Waals surface area contributed by atoms with Gasteiger partial charge in [0.15, 0.2) is 11.6 Å². The van der Waals surface area contributed by atoms with Crippen molar-refractivity contribution in [2.24, 2.45) is 0 Å². The highest BCUT2D eigenvalue weighted by atomic mass is 16.5. The third-order valence-corrected chi connectivity index (χ3v) is 3.38. The van der Waals surface area contributed by atoms with E-state index in [1.165, 1.54) is 0 Å². The van der Waals surface area contributed by atoms with Gasteiger partial charge in [-0.2, -0.15) is 9.97 Å². The second kappa shape index (κ2) is 4.59. The largest absolute Gasteiger partial charge is 0.368 e. The van der Waals surface area contributed by atoms with Crippen LogP contribution in [0, 0.1) is 0 Å². The molecule has 0 radical (unpaired) electrons. The molecule has 5 heteroatoms. The van der Waals surface area contributed by atoms with E-state index in [0.29, 0.717) is 11.6 Å². The Morgan fingerprint density at radius 3 is 2.63 bits per heavy atom. The fourth-order valence-corrected chi connectivity index (χ4v) is 2.30. The van der Waals surface area contributed by atoms with E-state index in [9.17, 15) is 0 Å². The second-order valence-electron chi connectivity index (χ2n) is 4.89. The zero-order valence-corrected chi connectivity index (χ0v) is 10.8. The number of hydrogen-bond donors (Lipinski definition) is 1. The standard InChI is InChI=1S/C14H16N4O/c1-14(8-5-9-19-14)12-16-11(17-13(15)18-12)10-6-3-2-4-7-10/h2-4,6-7H,5,8-9H2,1H3,(H2,15,16,17,18). The van der Waals surface area contributed by atoms with Crippen molar-refractivity contribution in [3.63, 3.8) is 0 Å². The van der Waals surface area contributed by atoms with Gasteiger partial charge < -0.3 is 10.5 Å². The topological polar surface area (TPSA) is 73.9 Å². The van der Waals surface area contributed by atoms with E-state index < -0.39 is 5.60 Å². The van der Waals surface area contributed by atoms with Crippen LogP contribution in [0.4, 0.5) is 5.95 Å². The van der Waals surface area contributed by atoms with Crippen LogP contribution in [0.25, 0.3) is 11.4 Å². The Morgan fingerprint density at radius 1 is 1.16 bits per heavy atom. The molecular formula is C14H16N4O. The third kappa shape index (κ3) is 2.29. The van der Waals surface area contributed by atoms with Crippen molar-refractivity contribution < 1.29 is 4.74 Å². The van der Waals surface area contributed by atoms with Crippen molar-refractivity contribution in [3.05, 3.63) is 36.2 Å². The molecule has 1 aliphatic rings. The summed E-state index contributed by atoms with van der Waals surface area (Å²) in [6, 6.07) is 9.76. The molecule has 0 saturated carbocycles. The smallest absolute Gasteiger partial charge is 0.223 e. The number of anilines is 1. The highest BCUT2D eigenvalue weighted by Gasteiger charge is 2.35. The molecule has 1 aromatic heterocycles. The quantitative estimate of drug-likeness (QED) is 0.891. The van der Waals surface area contributed by atoms with Gasteiger partial charge >= 0.3 is 0 Å². The molecule has 2 aromatic rings. The minimum Gasteiger partial charge on any atom is -0.368 e. The van der Waals surface area contributed by atoms with Gasteiger partial charge in [-0.15, -0.1) is 0 Å². The summed E-state index contributed by atoms with van der Waals surface area (Å²) in [7, 11) is 0. The third-order valence-electron chi connectivity index (χ3n) is 3.38. The first-order valence-electron chi connectivity index (χ1n) is 6.39. The normalized spacial score (nSPS) is 22.6. The summed E-state index contributed by atoms with van der Waals surface area (Å²) in [5.41, 5.74) is 6.29. The molecule has 98 valence electrons. The van der Waals surface area contributed by atoms with Crippen molar-refractivity contribution in [1.29, 1.82) is 0 Å². The molecule has 1 aromatic carbocycles. The molecule has 3 rings (SSSR count). The van der Waals surface area contributed by atoms with Gasteiger partial charge in [0.05, 0.1) is 0 Å². The first-order valence-corrected chi connectivity index (χ1v) is 6.39. The molecule has 1 unspecified atom stereocenters. The second-order valence-corrected chi connectivity index (χ2v) is 4.89. The van der Waals surface area contributed by atoms with Gasteiger partial charge in [0.1, 0.15) is 5.60 Å². The Bertz CT molecular complexity index is 579. The van der Waals surface area contributed by atoms with Crippen molar-refractivity contribution in [1.82, 2.24) is 15.0 Å². The summed E-state index contributed by atoms with van der Waals surface area (Å²) in [6.45, 7) is 2.74. The average molecular weight is 256 g/mol. The molecule has 2 heterocycles. The molecule has 0 spiro atoms. The van der Waals surface area contributed by atoms with Crippen LogP contribution in [0.1, 0.15) is 25.6 Å². The molecule has 1 atom stereocenters. The van der Waals surface area contributed by atoms with Gasteiger partial charge in [-0.25, -0.2) is 4.98 Å². The fraction of sp³-hybridized carbons (Fsp3) is 0.357. The summed E-state index contributed by atoms with van der Waals surface area (Å²) in [5, 5.41) is 0. The van der Waals surface area contributed by atoms with Gasteiger partial charge in [0.25, 0.3) is 0 Å². The number of aromatic nitrogens is 3. The van der Waals surface area contributed by atoms with Gasteiger partial charge in [0.2, 0.25) is 5.95 Å². The predicted octanol–water partition coefficient (Wildman–Crippen LogP) is 2.15. The number of rotatable bonds is 2. The lowest BCUT2D eigenvalue weighted by Crippen LogP contribution is -2.24. The summed E-state index contributed by atoms with van der Waals surface area (Å²) < 4.78 is 5.76. The van der Waals surface area contributed by atoms with Crippen LogP contribution in [0.2, 0.25) is 0 Å². The summed E-state index contributed by atoms with van der Waals surface area (Å²) in [5.74, 6) is 1.46. The van der Waals surface area contributed by atoms with Crippen molar-refractivity contribution >= 4 is 5.95 Å². The van der Waals surface area contributed by atoms with Crippen LogP contribution in [0.5, 0.6) is 0 Å². The van der Waals surface area contributed by atoms with Crippen LogP contribution < -0.4 is 5.73 Å². The predicted molar refractivity (Wildman–Crippen MR) is 72.2 cm³/mol. The summed E-state index contributed by atoms with van der Waals surface area (Å²) >= 11 is 0. The van der Waals surface area contributed by atoms with E-state index in [0.717, 1.165) is 25.0 Å². The van der Waals surface area contributed by atoms with Crippen LogP contribution in [-0.2, 0) is 10.3 Å². The van der Waals surface area contributed by atoms with E-state index in [1.54, 1.807) is 0 Å². The molecule has 19 heavy (non-hydrogen) atoms. The number of benzene rings is 1. The highest BCUT2D eigenvalue weighted by Crippen LogP contribution is 2.34. The van der Waals surface area contributed by atoms with Crippen LogP contribution in [0.15, 0.2) is 30.3 Å².